The van der Waals surface area contributed by atoms with Crippen LogP contribution in [0.3, 0.4) is 0 Å². The molecule has 2 atom stereocenters. The van der Waals surface area contributed by atoms with Crippen molar-refractivity contribution < 1.29 is 14.4 Å². The number of likely N-dealkylation sites (tertiary alicyclic amines) is 1. The smallest absolute Gasteiger partial charge is 0.319 e. The van der Waals surface area contributed by atoms with Gasteiger partial charge in [-0.3, -0.25) is 19.0 Å². The number of thiophene rings is 1. The third kappa shape index (κ3) is 6.39. The van der Waals surface area contributed by atoms with Crippen LogP contribution in [0.5, 0.6) is 0 Å². The quantitative estimate of drug-likeness (QED) is 0.480. The van der Waals surface area contributed by atoms with E-state index in [9.17, 15) is 19.2 Å². The molecular formula is C26H28ClN5O4S. The van der Waals surface area contributed by atoms with Crippen molar-refractivity contribution in [1.29, 1.82) is 0 Å². The maximum absolute atomic E-state index is 12.9. The molecule has 2 N–H and O–H groups in total. The number of amides is 4. The van der Waals surface area contributed by atoms with Crippen LogP contribution in [-0.4, -0.2) is 72.5 Å². The SMILES string of the molecule is CN(C)C(=O)N1CC(CNC(=O)c2ccc(-n3ccccc3=O)cc2)C(CNC(=O)c2ccc(Cl)s2)C1. The summed E-state index contributed by atoms with van der Waals surface area (Å²) in [5, 5.41) is 5.91. The van der Waals surface area contributed by atoms with Crippen molar-refractivity contribution in [3.8, 4) is 5.69 Å². The summed E-state index contributed by atoms with van der Waals surface area (Å²) >= 11 is 7.15. The van der Waals surface area contributed by atoms with E-state index in [1.165, 1.54) is 26.9 Å². The number of hydrogen-bond acceptors (Lipinski definition) is 5. The molecule has 1 aliphatic heterocycles. The summed E-state index contributed by atoms with van der Waals surface area (Å²) in [5.41, 5.74) is 0.975. The summed E-state index contributed by atoms with van der Waals surface area (Å²) in [6.45, 7) is 1.66. The van der Waals surface area contributed by atoms with Crippen molar-refractivity contribution in [3.63, 3.8) is 0 Å². The molecule has 1 fully saturated rings. The normalized spacial score (nSPS) is 16.9. The van der Waals surface area contributed by atoms with Gasteiger partial charge in [0.15, 0.2) is 0 Å². The van der Waals surface area contributed by atoms with Crippen LogP contribution in [0.2, 0.25) is 4.34 Å². The van der Waals surface area contributed by atoms with Crippen LogP contribution in [0.15, 0.2) is 65.6 Å². The third-order valence-corrected chi connectivity index (χ3v) is 7.54. The second-order valence-corrected chi connectivity index (χ2v) is 10.8. The van der Waals surface area contributed by atoms with Crippen molar-refractivity contribution in [2.24, 2.45) is 11.8 Å². The average Bonchev–Trinajstić information content (AvgIpc) is 3.52. The van der Waals surface area contributed by atoms with Gasteiger partial charge in [0.1, 0.15) is 0 Å². The van der Waals surface area contributed by atoms with E-state index in [0.29, 0.717) is 46.6 Å². The summed E-state index contributed by atoms with van der Waals surface area (Å²) in [6, 6.07) is 14.9. The van der Waals surface area contributed by atoms with Crippen molar-refractivity contribution in [2.45, 2.75) is 0 Å². The Labute approximate surface area is 223 Å². The monoisotopic (exact) mass is 541 g/mol. The minimum atomic E-state index is -0.250. The highest BCUT2D eigenvalue weighted by Crippen LogP contribution is 2.25. The lowest BCUT2D eigenvalue weighted by molar-refractivity contribution is 0.0927. The lowest BCUT2D eigenvalue weighted by atomic mass is 9.95. The largest absolute Gasteiger partial charge is 0.352 e. The second kappa shape index (κ2) is 11.6. The third-order valence-electron chi connectivity index (χ3n) is 6.31. The minimum Gasteiger partial charge on any atom is -0.352 e. The number of nitrogens with one attached hydrogen (secondary N) is 2. The molecular weight excluding hydrogens is 514 g/mol. The number of aromatic nitrogens is 1. The molecule has 9 nitrogen and oxygen atoms in total. The summed E-state index contributed by atoms with van der Waals surface area (Å²) < 4.78 is 2.04. The molecule has 1 aromatic carbocycles. The summed E-state index contributed by atoms with van der Waals surface area (Å²) in [5.74, 6) is -0.534. The zero-order valence-corrected chi connectivity index (χ0v) is 22.1. The fourth-order valence-electron chi connectivity index (χ4n) is 4.33. The van der Waals surface area contributed by atoms with E-state index >= 15 is 0 Å². The van der Waals surface area contributed by atoms with E-state index in [4.69, 9.17) is 11.6 Å². The van der Waals surface area contributed by atoms with E-state index in [1.54, 1.807) is 73.7 Å². The highest BCUT2D eigenvalue weighted by atomic mass is 35.5. The van der Waals surface area contributed by atoms with Gasteiger partial charge >= 0.3 is 6.03 Å². The molecule has 4 amide bonds. The van der Waals surface area contributed by atoms with Gasteiger partial charge in [-0.05, 0) is 42.5 Å². The molecule has 0 bridgehead atoms. The number of carbonyl (C=O) groups is 3. The first kappa shape index (κ1) is 26.4. The van der Waals surface area contributed by atoms with Gasteiger partial charge < -0.3 is 20.4 Å². The maximum Gasteiger partial charge on any atom is 0.319 e. The zero-order valence-electron chi connectivity index (χ0n) is 20.5. The van der Waals surface area contributed by atoms with E-state index in [1.807, 2.05) is 0 Å². The molecule has 0 aliphatic carbocycles. The Morgan fingerprint density at radius 3 is 2.16 bits per heavy atom. The Hall–Kier alpha value is -3.63. The average molecular weight is 542 g/mol. The van der Waals surface area contributed by atoms with Crippen LogP contribution in [-0.2, 0) is 0 Å². The molecule has 1 saturated heterocycles. The Bertz CT molecular complexity index is 1340. The predicted molar refractivity (Wildman–Crippen MR) is 144 cm³/mol. The predicted octanol–water partition coefficient (Wildman–Crippen LogP) is 2.94. The molecule has 0 saturated carbocycles. The van der Waals surface area contributed by atoms with Crippen molar-refractivity contribution in [2.75, 3.05) is 40.3 Å². The molecule has 194 valence electrons. The summed E-state index contributed by atoms with van der Waals surface area (Å²) in [6.07, 6.45) is 1.67. The molecule has 37 heavy (non-hydrogen) atoms. The van der Waals surface area contributed by atoms with Crippen LogP contribution in [0.25, 0.3) is 5.69 Å². The van der Waals surface area contributed by atoms with Gasteiger partial charge in [0.05, 0.1) is 9.21 Å². The van der Waals surface area contributed by atoms with Crippen LogP contribution < -0.4 is 16.2 Å². The van der Waals surface area contributed by atoms with Gasteiger partial charge in [-0.15, -0.1) is 11.3 Å². The molecule has 4 rings (SSSR count). The molecule has 0 radical (unpaired) electrons. The fourth-order valence-corrected chi connectivity index (χ4v) is 5.29. The van der Waals surface area contributed by atoms with E-state index in [-0.39, 0.29) is 35.2 Å². The number of nitrogens with zero attached hydrogens (tertiary/aromatic N) is 3. The lowest BCUT2D eigenvalue weighted by Gasteiger charge is -2.21. The molecule has 0 spiro atoms. The van der Waals surface area contributed by atoms with Crippen LogP contribution >= 0.6 is 22.9 Å². The maximum atomic E-state index is 12.9. The first-order valence-corrected chi connectivity index (χ1v) is 13.0. The highest BCUT2D eigenvalue weighted by molar-refractivity contribution is 7.18. The standard InChI is InChI=1S/C26H28ClN5O4S/c1-30(2)26(36)31-15-18(19(16-31)14-29-25(35)21-10-11-22(27)37-21)13-28-24(34)17-6-8-20(9-7-17)32-12-4-3-5-23(32)33/h3-12,18-19H,13-16H2,1-2H3,(H,28,34)(H,29,35). The Balaban J connectivity index is 1.39. The molecule has 2 aromatic heterocycles. The second-order valence-electron chi connectivity index (χ2n) is 9.08. The highest BCUT2D eigenvalue weighted by Gasteiger charge is 2.36. The van der Waals surface area contributed by atoms with Crippen molar-refractivity contribution >= 4 is 40.8 Å². The van der Waals surface area contributed by atoms with Crippen LogP contribution in [0.4, 0.5) is 4.79 Å². The van der Waals surface area contributed by atoms with Gasteiger partial charge in [0, 0.05) is 75.6 Å². The van der Waals surface area contributed by atoms with Gasteiger partial charge in [0.2, 0.25) is 0 Å². The van der Waals surface area contributed by atoms with Crippen LogP contribution in [0.1, 0.15) is 20.0 Å². The fraction of sp³-hybridized carbons (Fsp3) is 0.308. The van der Waals surface area contributed by atoms with E-state index in [0.717, 1.165) is 0 Å². The summed E-state index contributed by atoms with van der Waals surface area (Å²) in [4.78, 5) is 53.7. The molecule has 3 heterocycles. The zero-order chi connectivity index (χ0) is 26.5. The van der Waals surface area contributed by atoms with E-state index in [2.05, 4.69) is 10.6 Å². The molecule has 3 aromatic rings. The number of pyridine rings is 1. The summed E-state index contributed by atoms with van der Waals surface area (Å²) in [7, 11) is 3.39. The molecule has 1 aliphatic rings. The number of benzene rings is 1. The first-order chi connectivity index (χ1) is 17.7. The topological polar surface area (TPSA) is 104 Å². The van der Waals surface area contributed by atoms with Crippen molar-refractivity contribution in [1.82, 2.24) is 25.0 Å². The van der Waals surface area contributed by atoms with Crippen molar-refractivity contribution in [3.05, 3.63) is 85.9 Å². The van der Waals surface area contributed by atoms with Gasteiger partial charge in [0.25, 0.3) is 17.4 Å². The number of halogens is 1. The van der Waals surface area contributed by atoms with E-state index < -0.39 is 0 Å². The van der Waals surface area contributed by atoms with Gasteiger partial charge in [-0.25, -0.2) is 4.79 Å². The Morgan fingerprint density at radius 1 is 0.946 bits per heavy atom. The Morgan fingerprint density at radius 2 is 1.59 bits per heavy atom. The van der Waals surface area contributed by atoms with Gasteiger partial charge in [-0.2, -0.15) is 0 Å². The number of hydrogen-bond donors (Lipinski definition) is 2. The molecule has 11 heteroatoms. The lowest BCUT2D eigenvalue weighted by Crippen LogP contribution is -2.38. The van der Waals surface area contributed by atoms with Gasteiger partial charge in [-0.1, -0.05) is 17.7 Å². The number of rotatable bonds is 7. The van der Waals surface area contributed by atoms with Crippen LogP contribution in [0, 0.1) is 11.8 Å². The number of carbonyl (C=O) groups excluding carboxylic acids is 3. The first-order valence-electron chi connectivity index (χ1n) is 11.8. The number of urea groups is 1. The molecule has 2 unspecified atom stereocenters. The Kier molecular flexibility index (Phi) is 8.30. The minimum absolute atomic E-state index is 0.0316.